The average molecular weight is 267 g/mol. The molecule has 7 heteroatoms. The van der Waals surface area contributed by atoms with Crippen molar-refractivity contribution in [3.8, 4) is 11.5 Å². The summed E-state index contributed by atoms with van der Waals surface area (Å²) in [5.41, 5.74) is 10.4. The third kappa shape index (κ3) is 3.59. The number of hydrogen-bond acceptors (Lipinski definition) is 5. The summed E-state index contributed by atoms with van der Waals surface area (Å²) >= 11 is 0. The number of nitrogens with one attached hydrogen (secondary N) is 1. The lowest BCUT2D eigenvalue weighted by Crippen LogP contribution is -2.16. The second-order valence-corrected chi connectivity index (χ2v) is 3.84. The van der Waals surface area contributed by atoms with Crippen LogP contribution in [0, 0.1) is 0 Å². The van der Waals surface area contributed by atoms with E-state index in [4.69, 9.17) is 16.2 Å². The van der Waals surface area contributed by atoms with Crippen molar-refractivity contribution in [3.63, 3.8) is 0 Å². The number of rotatable bonds is 6. The van der Waals surface area contributed by atoms with Crippen LogP contribution >= 0.6 is 0 Å². The van der Waals surface area contributed by atoms with Gasteiger partial charge in [-0.3, -0.25) is 9.59 Å². The number of primary amides is 1. The molecule has 0 fully saturated rings. The van der Waals surface area contributed by atoms with E-state index >= 15 is 0 Å². The molecule has 0 aliphatic carbocycles. The molecule has 0 aliphatic rings. The fraction of sp³-hybridized carbons (Fsp3) is 0.333. The molecular formula is C12H17N3O4. The number of hydrogen-bond donors (Lipinski definition) is 4. The highest BCUT2D eigenvalue weighted by atomic mass is 16.5. The van der Waals surface area contributed by atoms with Crippen LogP contribution in [-0.4, -0.2) is 30.6 Å². The maximum absolute atomic E-state index is 11.5. The molecule has 0 radical (unpaired) electrons. The molecule has 0 heterocycles. The Morgan fingerprint density at radius 2 is 2.11 bits per heavy atom. The fourth-order valence-corrected chi connectivity index (χ4v) is 1.56. The van der Waals surface area contributed by atoms with Crippen molar-refractivity contribution in [2.24, 2.45) is 11.5 Å². The summed E-state index contributed by atoms with van der Waals surface area (Å²) in [5, 5.41) is 12.4. The number of methoxy groups -OCH3 is 1. The summed E-state index contributed by atoms with van der Waals surface area (Å²) in [7, 11) is 1.35. The van der Waals surface area contributed by atoms with Crippen LogP contribution in [0.1, 0.15) is 23.2 Å². The van der Waals surface area contributed by atoms with Crippen LogP contribution in [-0.2, 0) is 4.79 Å². The van der Waals surface area contributed by atoms with Gasteiger partial charge in [-0.05, 0) is 25.1 Å². The van der Waals surface area contributed by atoms with Gasteiger partial charge in [-0.2, -0.15) is 0 Å². The lowest BCUT2D eigenvalue weighted by atomic mass is 10.1. The molecule has 104 valence electrons. The number of aromatic hydroxyl groups is 1. The van der Waals surface area contributed by atoms with Gasteiger partial charge in [-0.1, -0.05) is 0 Å². The van der Waals surface area contributed by atoms with Crippen molar-refractivity contribution in [2.45, 2.75) is 12.8 Å². The Hall–Kier alpha value is -2.28. The van der Waals surface area contributed by atoms with Crippen LogP contribution in [0.25, 0.3) is 0 Å². The van der Waals surface area contributed by atoms with Gasteiger partial charge in [0.05, 0.1) is 12.8 Å². The highest BCUT2D eigenvalue weighted by Gasteiger charge is 2.19. The predicted molar refractivity (Wildman–Crippen MR) is 70.1 cm³/mol. The molecule has 19 heavy (non-hydrogen) atoms. The largest absolute Gasteiger partial charge is 0.505 e. The summed E-state index contributed by atoms with van der Waals surface area (Å²) in [6, 6.07) is 2.87. The Balaban J connectivity index is 3.00. The maximum atomic E-state index is 11.5. The van der Waals surface area contributed by atoms with E-state index in [1.54, 1.807) is 0 Å². The van der Waals surface area contributed by atoms with Crippen LogP contribution in [0.3, 0.4) is 0 Å². The van der Waals surface area contributed by atoms with Crippen LogP contribution < -0.4 is 21.5 Å². The zero-order valence-corrected chi connectivity index (χ0v) is 10.6. The summed E-state index contributed by atoms with van der Waals surface area (Å²) in [5.74, 6) is -1.41. The molecule has 1 aromatic rings. The summed E-state index contributed by atoms with van der Waals surface area (Å²) in [6.07, 6.45) is 0.763. The van der Waals surface area contributed by atoms with E-state index in [9.17, 15) is 14.7 Å². The molecule has 0 bridgehead atoms. The third-order valence-electron chi connectivity index (χ3n) is 2.49. The quantitative estimate of drug-likeness (QED) is 0.546. The number of carbonyl (C=O) groups is 2. The minimum Gasteiger partial charge on any atom is -0.505 e. The Morgan fingerprint density at radius 1 is 1.42 bits per heavy atom. The Labute approximate surface area is 110 Å². The summed E-state index contributed by atoms with van der Waals surface area (Å²) < 4.78 is 4.92. The van der Waals surface area contributed by atoms with Crippen LogP contribution in [0.5, 0.6) is 11.5 Å². The number of ether oxygens (including phenoxy) is 1. The van der Waals surface area contributed by atoms with Crippen molar-refractivity contribution in [1.82, 2.24) is 0 Å². The average Bonchev–Trinajstić information content (AvgIpc) is 2.37. The molecule has 0 aliphatic heterocycles. The zero-order valence-electron chi connectivity index (χ0n) is 10.6. The zero-order chi connectivity index (χ0) is 14.4. The lowest BCUT2D eigenvalue weighted by molar-refractivity contribution is -0.116. The van der Waals surface area contributed by atoms with Gasteiger partial charge in [0, 0.05) is 6.42 Å². The van der Waals surface area contributed by atoms with E-state index in [-0.39, 0.29) is 29.3 Å². The van der Waals surface area contributed by atoms with Crippen molar-refractivity contribution in [2.75, 3.05) is 19.0 Å². The number of benzene rings is 1. The van der Waals surface area contributed by atoms with E-state index in [0.29, 0.717) is 13.0 Å². The normalized spacial score (nSPS) is 10.0. The highest BCUT2D eigenvalue weighted by Crippen LogP contribution is 2.34. The highest BCUT2D eigenvalue weighted by molar-refractivity contribution is 6.02. The minimum absolute atomic E-state index is 0.108. The summed E-state index contributed by atoms with van der Waals surface area (Å²) in [6.45, 7) is 0.397. The Bertz CT molecular complexity index is 488. The van der Waals surface area contributed by atoms with Gasteiger partial charge in [0.1, 0.15) is 11.3 Å². The van der Waals surface area contributed by atoms with Gasteiger partial charge in [0.25, 0.3) is 5.91 Å². The van der Waals surface area contributed by atoms with Gasteiger partial charge in [-0.15, -0.1) is 0 Å². The van der Waals surface area contributed by atoms with Gasteiger partial charge in [0.15, 0.2) is 5.75 Å². The number of carbonyl (C=O) groups excluding carboxylic acids is 2. The van der Waals surface area contributed by atoms with E-state index in [1.807, 2.05) is 0 Å². The van der Waals surface area contributed by atoms with Crippen LogP contribution in [0.15, 0.2) is 12.1 Å². The smallest absolute Gasteiger partial charge is 0.256 e. The van der Waals surface area contributed by atoms with E-state index in [1.165, 1.54) is 19.2 Å². The first-order valence-corrected chi connectivity index (χ1v) is 5.71. The van der Waals surface area contributed by atoms with Gasteiger partial charge in [0.2, 0.25) is 5.91 Å². The topological polar surface area (TPSA) is 128 Å². The molecule has 1 aromatic carbocycles. The molecular weight excluding hydrogens is 250 g/mol. The van der Waals surface area contributed by atoms with Gasteiger partial charge in [-0.25, -0.2) is 0 Å². The molecule has 1 rings (SSSR count). The SMILES string of the molecule is COc1ccc(NC(=O)CCCN)c(O)c1C(N)=O. The Kier molecular flexibility index (Phi) is 5.13. The first-order chi connectivity index (χ1) is 9.01. The van der Waals surface area contributed by atoms with Crippen molar-refractivity contribution >= 4 is 17.5 Å². The molecule has 0 saturated heterocycles. The first kappa shape index (κ1) is 14.8. The minimum atomic E-state index is -0.840. The van der Waals surface area contributed by atoms with Gasteiger partial charge < -0.3 is 26.6 Å². The lowest BCUT2D eigenvalue weighted by Gasteiger charge is -2.12. The van der Waals surface area contributed by atoms with Crippen molar-refractivity contribution < 1.29 is 19.4 Å². The fourth-order valence-electron chi connectivity index (χ4n) is 1.56. The third-order valence-corrected chi connectivity index (χ3v) is 2.49. The molecule has 7 nitrogen and oxygen atoms in total. The monoisotopic (exact) mass is 267 g/mol. The van der Waals surface area contributed by atoms with Crippen LogP contribution in [0.4, 0.5) is 5.69 Å². The molecule has 0 atom stereocenters. The number of nitrogens with two attached hydrogens (primary N) is 2. The predicted octanol–water partition coefficient (Wildman–Crippen LogP) is 0.177. The van der Waals surface area contributed by atoms with Crippen molar-refractivity contribution in [3.05, 3.63) is 17.7 Å². The Morgan fingerprint density at radius 3 is 2.63 bits per heavy atom. The maximum Gasteiger partial charge on any atom is 0.256 e. The summed E-state index contributed by atoms with van der Waals surface area (Å²) in [4.78, 5) is 22.8. The molecule has 0 saturated carbocycles. The number of amides is 2. The standard InChI is InChI=1S/C12H17N3O4/c1-19-8-5-4-7(11(17)10(8)12(14)18)15-9(16)3-2-6-13/h4-5,17H,2-3,6,13H2,1H3,(H2,14,18)(H,15,16). The van der Waals surface area contributed by atoms with Crippen LogP contribution in [0.2, 0.25) is 0 Å². The molecule has 6 N–H and O–H groups in total. The number of anilines is 1. The first-order valence-electron chi connectivity index (χ1n) is 5.71. The van der Waals surface area contributed by atoms with E-state index < -0.39 is 11.7 Å². The molecule has 0 spiro atoms. The molecule has 0 unspecified atom stereocenters. The van der Waals surface area contributed by atoms with Gasteiger partial charge >= 0.3 is 0 Å². The second kappa shape index (κ2) is 6.60. The molecule has 2 amide bonds. The van der Waals surface area contributed by atoms with E-state index in [0.717, 1.165) is 0 Å². The van der Waals surface area contributed by atoms with Crippen molar-refractivity contribution in [1.29, 1.82) is 0 Å². The van der Waals surface area contributed by atoms with E-state index in [2.05, 4.69) is 5.32 Å². The second-order valence-electron chi connectivity index (χ2n) is 3.84. The molecule has 0 aromatic heterocycles. The number of phenols is 1.